The molecule has 3 N–H and O–H groups in total. The van der Waals surface area contributed by atoms with Gasteiger partial charge in [0.25, 0.3) is 15.9 Å². The number of carbonyl (C=O) groups is 1. The normalized spacial score (nSPS) is 11.3. The number of hydrazine groups is 1. The van der Waals surface area contributed by atoms with Crippen LogP contribution in [0, 0.1) is 6.92 Å². The summed E-state index contributed by atoms with van der Waals surface area (Å²) < 4.78 is 24.8. The Hall–Kier alpha value is -1.64. The molecule has 0 saturated carbocycles. The van der Waals surface area contributed by atoms with E-state index in [1.807, 2.05) is 4.83 Å². The molecule has 1 aromatic heterocycles. The van der Waals surface area contributed by atoms with Gasteiger partial charge in [0.05, 0.1) is 4.90 Å². The number of sulfonamides is 1. The molecule has 0 bridgehead atoms. The van der Waals surface area contributed by atoms with Gasteiger partial charge in [-0.2, -0.15) is 0 Å². The molecule has 1 amide bonds. The lowest BCUT2D eigenvalue weighted by Crippen LogP contribution is -2.41. The molecule has 2 rings (SSSR count). The molecule has 0 radical (unpaired) electrons. The van der Waals surface area contributed by atoms with Crippen LogP contribution in [-0.2, 0) is 10.0 Å². The summed E-state index contributed by atoms with van der Waals surface area (Å²) in [4.78, 5) is 16.4. The third kappa shape index (κ3) is 3.27. The highest BCUT2D eigenvalue weighted by Gasteiger charge is 2.16. The number of aromatic amines is 1. The van der Waals surface area contributed by atoms with Crippen molar-refractivity contribution in [2.24, 2.45) is 0 Å². The molecule has 0 aliphatic rings. The van der Waals surface area contributed by atoms with Crippen molar-refractivity contribution in [2.45, 2.75) is 11.8 Å². The fourth-order valence-corrected chi connectivity index (χ4v) is 2.67. The van der Waals surface area contributed by atoms with Crippen molar-refractivity contribution in [3.8, 4) is 0 Å². The van der Waals surface area contributed by atoms with Gasteiger partial charge in [-0.25, -0.2) is 8.42 Å². The number of carbonyl (C=O) groups excluding carboxylic acids is 1. The molecule has 0 spiro atoms. The predicted octanol–water partition coefficient (Wildman–Crippen LogP) is 1.71. The van der Waals surface area contributed by atoms with Crippen molar-refractivity contribution in [3.63, 3.8) is 0 Å². The van der Waals surface area contributed by atoms with Crippen molar-refractivity contribution < 1.29 is 13.2 Å². The number of halogens is 1. The van der Waals surface area contributed by atoms with Crippen LogP contribution in [0.2, 0.25) is 0 Å². The number of hydrogen-bond acceptors (Lipinski definition) is 3. The minimum absolute atomic E-state index is 0.0741. The quantitative estimate of drug-likeness (QED) is 0.727. The van der Waals surface area contributed by atoms with Gasteiger partial charge in [0.15, 0.2) is 0 Å². The predicted molar refractivity (Wildman–Crippen MR) is 77.5 cm³/mol. The van der Waals surface area contributed by atoms with Gasteiger partial charge < -0.3 is 4.98 Å². The van der Waals surface area contributed by atoms with E-state index in [1.54, 1.807) is 25.3 Å². The van der Waals surface area contributed by atoms with E-state index < -0.39 is 15.9 Å². The Bertz CT molecular complexity index is 726. The number of benzene rings is 1. The Labute approximate surface area is 124 Å². The van der Waals surface area contributed by atoms with Crippen LogP contribution in [0.4, 0.5) is 0 Å². The summed E-state index contributed by atoms with van der Waals surface area (Å²) >= 11 is 3.30. The van der Waals surface area contributed by atoms with Crippen LogP contribution < -0.4 is 10.3 Å². The molecular formula is C12H12BrN3O3S. The van der Waals surface area contributed by atoms with Crippen LogP contribution >= 0.6 is 15.9 Å². The highest BCUT2D eigenvalue weighted by Crippen LogP contribution is 2.19. The molecular weight excluding hydrogens is 346 g/mol. The van der Waals surface area contributed by atoms with Gasteiger partial charge in [-0.15, -0.1) is 4.83 Å². The van der Waals surface area contributed by atoms with E-state index in [9.17, 15) is 13.2 Å². The lowest BCUT2D eigenvalue weighted by molar-refractivity contribution is 0.0940. The molecule has 2 aromatic rings. The maximum Gasteiger partial charge on any atom is 0.282 e. The molecule has 0 atom stereocenters. The monoisotopic (exact) mass is 357 g/mol. The molecule has 8 heteroatoms. The second kappa shape index (κ2) is 5.78. The number of rotatable bonds is 4. The molecule has 6 nitrogen and oxygen atoms in total. The second-order valence-corrected chi connectivity index (χ2v) is 6.59. The number of hydrogen-bond donors (Lipinski definition) is 3. The summed E-state index contributed by atoms with van der Waals surface area (Å²) in [5, 5.41) is 0. The highest BCUT2D eigenvalue weighted by molar-refractivity contribution is 9.10. The fourth-order valence-electron chi connectivity index (χ4n) is 1.50. The maximum absolute atomic E-state index is 12.0. The maximum atomic E-state index is 12.0. The Morgan fingerprint density at radius 3 is 2.65 bits per heavy atom. The zero-order chi connectivity index (χ0) is 14.8. The number of aromatic nitrogens is 1. The van der Waals surface area contributed by atoms with E-state index in [1.165, 1.54) is 18.2 Å². The lowest BCUT2D eigenvalue weighted by atomic mass is 10.2. The summed E-state index contributed by atoms with van der Waals surface area (Å²) in [6.45, 7) is 1.78. The fraction of sp³-hybridized carbons (Fsp3) is 0.0833. The van der Waals surface area contributed by atoms with Crippen LogP contribution in [0.3, 0.4) is 0 Å². The Morgan fingerprint density at radius 2 is 2.05 bits per heavy atom. The molecule has 20 heavy (non-hydrogen) atoms. The molecule has 0 aliphatic carbocycles. The number of H-pyrrole nitrogens is 1. The van der Waals surface area contributed by atoms with E-state index in [0.29, 0.717) is 0 Å². The molecule has 1 aromatic carbocycles. The van der Waals surface area contributed by atoms with Crippen molar-refractivity contribution in [3.05, 3.63) is 52.3 Å². The van der Waals surface area contributed by atoms with Crippen molar-refractivity contribution >= 4 is 31.9 Å². The van der Waals surface area contributed by atoms with Crippen LogP contribution in [-0.4, -0.2) is 19.3 Å². The third-order valence-corrected chi connectivity index (χ3v) is 4.72. The van der Waals surface area contributed by atoms with Crippen LogP contribution in [0.15, 0.2) is 45.9 Å². The smallest absolute Gasteiger partial charge is 0.282 e. The average molecular weight is 358 g/mol. The molecule has 106 valence electrons. The van der Waals surface area contributed by atoms with E-state index >= 15 is 0 Å². The SMILES string of the molecule is Cc1cc(S(=O)(=O)NNC(=O)c2ccc[nH]2)ccc1Br. The zero-order valence-corrected chi connectivity index (χ0v) is 12.9. The molecule has 1 heterocycles. The van der Waals surface area contributed by atoms with Crippen LogP contribution in [0.25, 0.3) is 0 Å². The number of nitrogens with one attached hydrogen (secondary N) is 3. The Kier molecular flexibility index (Phi) is 4.26. The van der Waals surface area contributed by atoms with Gasteiger partial charge in [-0.05, 0) is 42.8 Å². The summed E-state index contributed by atoms with van der Waals surface area (Å²) in [7, 11) is -3.80. The van der Waals surface area contributed by atoms with Gasteiger partial charge in [-0.1, -0.05) is 15.9 Å². The van der Waals surface area contributed by atoms with Gasteiger partial charge in [0, 0.05) is 10.7 Å². The summed E-state index contributed by atoms with van der Waals surface area (Å²) in [5.41, 5.74) is 3.18. The van der Waals surface area contributed by atoms with Crippen LogP contribution in [0.1, 0.15) is 16.1 Å². The largest absolute Gasteiger partial charge is 0.357 e. The highest BCUT2D eigenvalue weighted by atomic mass is 79.9. The van der Waals surface area contributed by atoms with E-state index in [4.69, 9.17) is 0 Å². The zero-order valence-electron chi connectivity index (χ0n) is 10.5. The first kappa shape index (κ1) is 14.8. The number of aryl methyl sites for hydroxylation is 1. The van der Waals surface area contributed by atoms with Crippen molar-refractivity contribution in [1.82, 2.24) is 15.2 Å². The minimum Gasteiger partial charge on any atom is -0.357 e. The summed E-state index contributed by atoms with van der Waals surface area (Å²) in [5.74, 6) is -0.563. The topological polar surface area (TPSA) is 91.1 Å². The molecule has 0 fully saturated rings. The standard InChI is InChI=1S/C12H12BrN3O3S/c1-8-7-9(4-5-10(8)13)20(18,19)16-15-12(17)11-3-2-6-14-11/h2-7,14,16H,1H3,(H,15,17). The first-order valence-corrected chi connectivity index (χ1v) is 7.89. The molecule has 0 saturated heterocycles. The second-order valence-electron chi connectivity index (χ2n) is 4.05. The van der Waals surface area contributed by atoms with Crippen LogP contribution in [0.5, 0.6) is 0 Å². The van der Waals surface area contributed by atoms with Gasteiger partial charge >= 0.3 is 0 Å². The number of amides is 1. The van der Waals surface area contributed by atoms with Gasteiger partial charge in [-0.3, -0.25) is 10.2 Å². The minimum atomic E-state index is -3.80. The third-order valence-electron chi connectivity index (χ3n) is 2.58. The lowest BCUT2D eigenvalue weighted by Gasteiger charge is -2.09. The van der Waals surface area contributed by atoms with Gasteiger partial charge in [0.1, 0.15) is 5.69 Å². The van der Waals surface area contributed by atoms with E-state index in [2.05, 4.69) is 26.3 Å². The van der Waals surface area contributed by atoms with Crippen molar-refractivity contribution in [1.29, 1.82) is 0 Å². The first-order valence-electron chi connectivity index (χ1n) is 5.62. The van der Waals surface area contributed by atoms with Gasteiger partial charge in [0.2, 0.25) is 0 Å². The molecule has 0 aliphatic heterocycles. The van der Waals surface area contributed by atoms with E-state index in [0.717, 1.165) is 10.0 Å². The van der Waals surface area contributed by atoms with Crippen molar-refractivity contribution in [2.75, 3.05) is 0 Å². The Morgan fingerprint density at radius 1 is 1.30 bits per heavy atom. The Balaban J connectivity index is 2.11. The van der Waals surface area contributed by atoms with E-state index in [-0.39, 0.29) is 10.6 Å². The summed E-state index contributed by atoms with van der Waals surface area (Å²) in [6, 6.07) is 7.76. The average Bonchev–Trinajstić information content (AvgIpc) is 2.93. The first-order chi connectivity index (χ1) is 9.40. The summed E-state index contributed by atoms with van der Waals surface area (Å²) in [6.07, 6.45) is 1.57. The molecule has 0 unspecified atom stereocenters.